The van der Waals surface area contributed by atoms with E-state index in [9.17, 15) is 33.2 Å². The van der Waals surface area contributed by atoms with Crippen molar-refractivity contribution in [2.24, 2.45) is 0 Å². The van der Waals surface area contributed by atoms with E-state index in [4.69, 9.17) is 29.9 Å². The number of likely N-dealkylation sites (N-methyl/N-ethyl adjacent to an activating group) is 2. The van der Waals surface area contributed by atoms with Crippen LogP contribution in [-0.2, 0) is 80.6 Å². The molecule has 2 aliphatic heterocycles. The van der Waals surface area contributed by atoms with E-state index >= 15 is 0 Å². The van der Waals surface area contributed by atoms with Gasteiger partial charge in [0, 0.05) is 115 Å². The minimum absolute atomic E-state index is 0.0196. The van der Waals surface area contributed by atoms with E-state index in [1.807, 2.05) is 65.6 Å². The molecule has 13 rings (SSSR count). The second-order valence-electron chi connectivity index (χ2n) is 33.4. The van der Waals surface area contributed by atoms with E-state index < -0.39 is 0 Å². The second kappa shape index (κ2) is 43.2. The molecule has 5 aliphatic rings. The maximum Gasteiger partial charge on any atom is 0.227 e. The van der Waals surface area contributed by atoms with Gasteiger partial charge in [0.15, 0.2) is 0 Å². The summed E-state index contributed by atoms with van der Waals surface area (Å²) in [5.74, 6) is 1.77. The van der Waals surface area contributed by atoms with Crippen LogP contribution in [0.1, 0.15) is 192 Å². The van der Waals surface area contributed by atoms with Crippen LogP contribution in [0.15, 0.2) is 191 Å². The maximum absolute atomic E-state index is 14.3. The van der Waals surface area contributed by atoms with Gasteiger partial charge in [-0.15, -0.1) is 0 Å². The number of fused-ring (bicyclic) bond motifs is 1. The molecule has 2 aromatic heterocycles. The summed E-state index contributed by atoms with van der Waals surface area (Å²) in [7, 11) is 11.8. The third kappa shape index (κ3) is 25.5. The van der Waals surface area contributed by atoms with Crippen LogP contribution >= 0.6 is 11.6 Å². The SMILES string of the molecule is COc1ccc(OC)c(CN(Cc2ccco2)C(=O)CCC(=O)NC2CCC(Cc3cccc(Cl)c3)(N(C)C)CC2)c1.Cc1cccc(CC2(N(C)C)CCC(NC(=O)CCC(=O)N(Cc3ccco3)Cc3ccccc3F)CC2)c1.O=C(CCC(=O)N1CCc2ccccc21)NC1CCC(Cc2ccccc2)(N2CCCCCC2)CC1. The minimum atomic E-state index is -0.360. The van der Waals surface area contributed by atoms with Gasteiger partial charge in [0.25, 0.3) is 0 Å². The average molecular weight is 1620 g/mol. The van der Waals surface area contributed by atoms with Crippen molar-refractivity contribution in [1.29, 1.82) is 0 Å². The summed E-state index contributed by atoms with van der Waals surface area (Å²) in [4.78, 5) is 90.4. The number of benzene rings is 6. The molecule has 0 radical (unpaired) electrons. The lowest BCUT2D eigenvalue weighted by Crippen LogP contribution is -2.55. The fraction of sp³-hybridized carbons (Fsp3) is 0.479. The van der Waals surface area contributed by atoms with Crippen LogP contribution in [0.5, 0.6) is 11.5 Å². The molecule has 6 amide bonds. The second-order valence-corrected chi connectivity index (χ2v) is 33.8. The number of aryl methyl sites for hydroxylation is 1. The number of methoxy groups -OCH3 is 2. The maximum atomic E-state index is 14.3. The highest BCUT2D eigenvalue weighted by Gasteiger charge is 2.43. The van der Waals surface area contributed by atoms with Crippen molar-refractivity contribution in [3.8, 4) is 11.5 Å². The smallest absolute Gasteiger partial charge is 0.227 e. The molecule has 0 atom stereocenters. The van der Waals surface area contributed by atoms with Crippen LogP contribution in [-0.4, -0.2) is 157 Å². The zero-order valence-electron chi connectivity index (χ0n) is 69.9. The van der Waals surface area contributed by atoms with Crippen LogP contribution in [0.25, 0.3) is 0 Å². The fourth-order valence-corrected chi connectivity index (χ4v) is 18.3. The molecule has 4 heterocycles. The lowest BCUT2D eigenvalue weighted by Gasteiger charge is -2.48. The highest BCUT2D eigenvalue weighted by atomic mass is 35.5. The van der Waals surface area contributed by atoms with Crippen molar-refractivity contribution in [3.63, 3.8) is 0 Å². The van der Waals surface area contributed by atoms with Gasteiger partial charge in [0.2, 0.25) is 35.4 Å². The van der Waals surface area contributed by atoms with E-state index in [1.54, 1.807) is 72.9 Å². The first kappa shape index (κ1) is 88.2. The van der Waals surface area contributed by atoms with Crippen molar-refractivity contribution in [2.75, 3.05) is 66.9 Å². The standard InChI is InChI=1S/C33H42ClN3O5.C32H40FN3O3.C31H41N3O2/c1-36(2)33(21-24-7-5-8-26(34)19-24)16-14-27(15-17-33)35-31(38)12-13-32(39)37(23-29-9-6-18-42-29)22-25-20-28(40-3)10-11-30(25)41-4;1-24-8-6-9-25(20-24)21-32(35(2)3)17-15-27(16-18-32)34-30(37)13-14-31(38)36(23-28-11-7-19-39-28)22-26-10-4-5-12-29(26)33;35-29(14-15-30(36)34-23-18-26-12-6-7-13-28(26)34)32-27-16-19-31(20-17-27,24-25-10-4-3-5-11-25)33-21-8-1-2-9-22-33/h5-11,18-20,27H,12-17,21-23H2,1-4H3,(H,35,38);4-12,19-20,27H,13-18,21-23H2,1-3H3,(H,34,37);3-7,10-13,27H,1-2,8-9,14-24H2,(H,32,35). The summed E-state index contributed by atoms with van der Waals surface area (Å²) in [5.41, 5.74) is 9.04. The summed E-state index contributed by atoms with van der Waals surface area (Å²) in [6.45, 7) is 6.17. The fourth-order valence-electron chi connectivity index (χ4n) is 18.1. The van der Waals surface area contributed by atoms with Crippen molar-refractivity contribution in [1.82, 2.24) is 40.4 Å². The van der Waals surface area contributed by atoms with Crippen molar-refractivity contribution in [3.05, 3.63) is 244 Å². The number of amides is 6. The topological polar surface area (TPSA) is 203 Å². The number of likely N-dealkylation sites (tertiary alicyclic amines) is 1. The Bertz CT molecular complexity index is 4470. The van der Waals surface area contributed by atoms with Crippen LogP contribution in [0.2, 0.25) is 5.02 Å². The molecule has 1 saturated heterocycles. The molecule has 3 aliphatic carbocycles. The first-order chi connectivity index (χ1) is 56.6. The van der Waals surface area contributed by atoms with E-state index in [2.05, 4.69) is 132 Å². The lowest BCUT2D eigenvalue weighted by atomic mass is 9.74. The van der Waals surface area contributed by atoms with Gasteiger partial charge < -0.3 is 58.8 Å². The average Bonchev–Trinajstić information content (AvgIpc) is 1.65. The van der Waals surface area contributed by atoms with Crippen LogP contribution in [0.4, 0.5) is 10.1 Å². The Labute approximate surface area is 697 Å². The molecule has 19 nitrogen and oxygen atoms in total. The highest BCUT2D eigenvalue weighted by Crippen LogP contribution is 2.41. The largest absolute Gasteiger partial charge is 0.497 e. The van der Waals surface area contributed by atoms with E-state index in [1.165, 1.54) is 72.7 Å². The molecule has 21 heteroatoms. The third-order valence-electron chi connectivity index (χ3n) is 25.0. The molecule has 3 saturated carbocycles. The first-order valence-corrected chi connectivity index (χ1v) is 42.7. The van der Waals surface area contributed by atoms with Gasteiger partial charge in [-0.1, -0.05) is 133 Å². The van der Waals surface area contributed by atoms with Gasteiger partial charge in [-0.3, -0.25) is 33.7 Å². The molecule has 4 fully saturated rings. The van der Waals surface area contributed by atoms with Crippen molar-refractivity contribution >= 4 is 52.7 Å². The zero-order chi connectivity index (χ0) is 82.7. The lowest BCUT2D eigenvalue weighted by molar-refractivity contribution is -0.135. The molecule has 626 valence electrons. The highest BCUT2D eigenvalue weighted by molar-refractivity contribution is 6.30. The Morgan fingerprint density at radius 2 is 0.991 bits per heavy atom. The normalized spacial score (nSPS) is 20.6. The Hall–Kier alpha value is -9.60. The number of ether oxygens (including phenoxy) is 2. The van der Waals surface area contributed by atoms with Gasteiger partial charge in [-0.05, 0) is 253 Å². The number of hydrogen-bond acceptors (Lipinski definition) is 13. The van der Waals surface area contributed by atoms with Crippen LogP contribution in [0, 0.1) is 12.7 Å². The predicted octanol–water partition coefficient (Wildman–Crippen LogP) is 16.8. The number of rotatable bonds is 31. The summed E-state index contributed by atoms with van der Waals surface area (Å²) < 4.78 is 36.1. The Morgan fingerprint density at radius 3 is 1.51 bits per heavy atom. The van der Waals surface area contributed by atoms with E-state index in [0.29, 0.717) is 35.1 Å². The number of para-hydroxylation sites is 1. The number of halogens is 2. The van der Waals surface area contributed by atoms with Gasteiger partial charge in [-0.2, -0.15) is 0 Å². The number of nitrogens with one attached hydrogen (secondary N) is 3. The molecule has 117 heavy (non-hydrogen) atoms. The molecule has 3 N–H and O–H groups in total. The van der Waals surface area contributed by atoms with E-state index in [-0.39, 0.29) is 134 Å². The van der Waals surface area contributed by atoms with Gasteiger partial charge in [0.05, 0.1) is 39.8 Å². The molecule has 0 unspecified atom stereocenters. The van der Waals surface area contributed by atoms with Gasteiger partial charge in [0.1, 0.15) is 28.8 Å². The quantitative estimate of drug-likeness (QED) is 0.0371. The summed E-state index contributed by atoms with van der Waals surface area (Å²) in [6.07, 6.45) is 25.0. The summed E-state index contributed by atoms with van der Waals surface area (Å²) in [5, 5.41) is 10.4. The summed E-state index contributed by atoms with van der Waals surface area (Å²) >= 11 is 6.24. The van der Waals surface area contributed by atoms with Gasteiger partial charge in [-0.25, -0.2) is 4.39 Å². The van der Waals surface area contributed by atoms with Crippen LogP contribution < -0.4 is 30.3 Å². The Kier molecular flexibility index (Phi) is 32.6. The molecule has 0 spiro atoms. The number of furan rings is 2. The van der Waals surface area contributed by atoms with Crippen LogP contribution in [0.3, 0.4) is 0 Å². The molecule has 6 aromatic carbocycles. The number of nitrogens with zero attached hydrogens (tertiary/aromatic N) is 6. The van der Waals surface area contributed by atoms with Crippen molar-refractivity contribution in [2.45, 2.75) is 235 Å². The number of carbonyl (C=O) groups excluding carboxylic acids is 6. The molecular formula is C96H123ClFN9O10. The Balaban J connectivity index is 0.000000173. The molecular weight excluding hydrogens is 1490 g/mol. The predicted molar refractivity (Wildman–Crippen MR) is 459 cm³/mol. The number of carbonyl (C=O) groups is 6. The number of anilines is 1. The monoisotopic (exact) mass is 1620 g/mol. The minimum Gasteiger partial charge on any atom is -0.497 e. The van der Waals surface area contributed by atoms with E-state index in [0.717, 1.165) is 126 Å². The van der Waals surface area contributed by atoms with Crippen molar-refractivity contribution < 1.29 is 51.5 Å². The molecule has 0 bridgehead atoms. The number of hydrogen-bond donors (Lipinski definition) is 3. The Morgan fingerprint density at radius 1 is 0.487 bits per heavy atom. The third-order valence-corrected chi connectivity index (χ3v) is 25.3. The summed E-state index contributed by atoms with van der Waals surface area (Å²) in [6, 6.07) is 55.3. The molecule has 8 aromatic rings. The van der Waals surface area contributed by atoms with Gasteiger partial charge >= 0.3 is 0 Å². The first-order valence-electron chi connectivity index (χ1n) is 42.3. The zero-order valence-corrected chi connectivity index (χ0v) is 70.7.